The van der Waals surface area contributed by atoms with Crippen molar-refractivity contribution in [3.63, 3.8) is 0 Å². The second-order valence-corrected chi connectivity index (χ2v) is 34.7. The molecule has 3 N–H and O–H groups in total. The molecule has 0 amide bonds. The first-order chi connectivity index (χ1) is 51.5. The van der Waals surface area contributed by atoms with Crippen LogP contribution < -0.4 is 0 Å². The van der Waals surface area contributed by atoms with Crippen molar-refractivity contribution in [1.29, 1.82) is 0 Å². The van der Waals surface area contributed by atoms with Crippen molar-refractivity contribution in [2.45, 2.75) is 490 Å². The number of aliphatic hydroxyl groups is 1. The number of esters is 4. The van der Waals surface area contributed by atoms with Crippen molar-refractivity contribution in [2.75, 3.05) is 39.6 Å². The number of carbonyl (C=O) groups is 4. The molecule has 0 aliphatic heterocycles. The van der Waals surface area contributed by atoms with Crippen molar-refractivity contribution < 1.29 is 80.2 Å². The molecule has 0 saturated carbocycles. The van der Waals surface area contributed by atoms with Crippen LogP contribution in [0.4, 0.5) is 0 Å². The number of rotatable bonds is 87. The highest BCUT2D eigenvalue weighted by atomic mass is 31.2. The summed E-state index contributed by atoms with van der Waals surface area (Å²) < 4.78 is 68.8. The summed E-state index contributed by atoms with van der Waals surface area (Å²) in [5.41, 5.74) is 0. The number of ether oxygens (including phenoxy) is 4. The first kappa shape index (κ1) is 104. The second kappa shape index (κ2) is 79.7. The number of phosphoric acid groups is 2. The molecule has 0 fully saturated rings. The maximum atomic E-state index is 13.2. The van der Waals surface area contributed by atoms with Gasteiger partial charge in [0.15, 0.2) is 12.2 Å². The highest BCUT2D eigenvalue weighted by Gasteiger charge is 2.30. The van der Waals surface area contributed by atoms with Crippen LogP contribution in [0.5, 0.6) is 0 Å². The topological polar surface area (TPSA) is 237 Å². The molecule has 0 aromatic heterocycles. The quantitative estimate of drug-likeness (QED) is 0.0222. The number of phosphoric ester groups is 2. The molecule has 19 heteroatoms. The highest BCUT2D eigenvalue weighted by Crippen LogP contribution is 2.45. The Bertz CT molecular complexity index is 2010. The summed E-state index contributed by atoms with van der Waals surface area (Å²) in [5, 5.41) is 10.7. The molecule has 0 aromatic carbocycles. The fourth-order valence-corrected chi connectivity index (χ4v) is 15.2. The molecule has 630 valence electrons. The van der Waals surface area contributed by atoms with Crippen LogP contribution in [0.25, 0.3) is 0 Å². The van der Waals surface area contributed by atoms with Crippen LogP contribution in [-0.2, 0) is 65.4 Å². The smallest absolute Gasteiger partial charge is 0.462 e. The Kier molecular flexibility index (Phi) is 78.2. The molecule has 0 aliphatic rings. The maximum absolute atomic E-state index is 13.2. The van der Waals surface area contributed by atoms with Crippen LogP contribution in [0.1, 0.15) is 471 Å². The summed E-state index contributed by atoms with van der Waals surface area (Å²) in [6.07, 6.45) is 73.8. The lowest BCUT2D eigenvalue weighted by Crippen LogP contribution is -2.30. The molecule has 0 aliphatic carbocycles. The number of hydrogen-bond acceptors (Lipinski definition) is 15. The van der Waals surface area contributed by atoms with E-state index in [0.29, 0.717) is 25.7 Å². The van der Waals surface area contributed by atoms with E-state index >= 15 is 0 Å². The Morgan fingerprint density at radius 3 is 0.642 bits per heavy atom. The fraction of sp³-hybridized carbons (Fsp3) is 0.954. The van der Waals surface area contributed by atoms with Gasteiger partial charge in [-0.25, -0.2) is 9.13 Å². The Morgan fingerprint density at radius 2 is 0.434 bits per heavy atom. The van der Waals surface area contributed by atoms with Crippen LogP contribution in [0.15, 0.2) is 0 Å². The summed E-state index contributed by atoms with van der Waals surface area (Å²) in [5.74, 6) is -1.28. The third-order valence-electron chi connectivity index (χ3n) is 20.5. The molecular formula is C87H170O17P2. The van der Waals surface area contributed by atoms with Gasteiger partial charge in [-0.15, -0.1) is 0 Å². The van der Waals surface area contributed by atoms with E-state index in [0.717, 1.165) is 95.8 Å². The van der Waals surface area contributed by atoms with Crippen molar-refractivity contribution in [3.8, 4) is 0 Å². The van der Waals surface area contributed by atoms with E-state index in [2.05, 4.69) is 34.6 Å². The predicted molar refractivity (Wildman–Crippen MR) is 437 cm³/mol. The van der Waals surface area contributed by atoms with Gasteiger partial charge in [0.1, 0.15) is 19.3 Å². The van der Waals surface area contributed by atoms with Gasteiger partial charge in [-0.1, -0.05) is 420 Å². The maximum Gasteiger partial charge on any atom is 0.472 e. The van der Waals surface area contributed by atoms with Gasteiger partial charge in [0.25, 0.3) is 0 Å². The lowest BCUT2D eigenvalue weighted by molar-refractivity contribution is -0.161. The average molecular weight is 1550 g/mol. The zero-order valence-corrected chi connectivity index (χ0v) is 71.4. The van der Waals surface area contributed by atoms with Gasteiger partial charge in [-0.3, -0.25) is 37.3 Å². The third-order valence-corrected chi connectivity index (χ3v) is 22.4. The number of hydrogen-bond donors (Lipinski definition) is 3. The predicted octanol–water partition coefficient (Wildman–Crippen LogP) is 26.8. The van der Waals surface area contributed by atoms with Gasteiger partial charge in [0.2, 0.25) is 0 Å². The van der Waals surface area contributed by atoms with E-state index in [9.17, 15) is 43.2 Å². The zero-order valence-electron chi connectivity index (χ0n) is 69.6. The molecule has 0 radical (unpaired) electrons. The van der Waals surface area contributed by atoms with Crippen LogP contribution in [0.2, 0.25) is 0 Å². The lowest BCUT2D eigenvalue weighted by Gasteiger charge is -2.21. The summed E-state index contributed by atoms with van der Waals surface area (Å²) in [6.45, 7) is 7.38. The van der Waals surface area contributed by atoms with E-state index in [1.54, 1.807) is 0 Å². The first-order valence-electron chi connectivity index (χ1n) is 45.1. The van der Waals surface area contributed by atoms with Crippen molar-refractivity contribution in [1.82, 2.24) is 0 Å². The molecule has 0 saturated heterocycles. The molecule has 17 nitrogen and oxygen atoms in total. The molecule has 0 aromatic rings. The van der Waals surface area contributed by atoms with E-state index < -0.39 is 97.5 Å². The lowest BCUT2D eigenvalue weighted by atomic mass is 10.0. The van der Waals surface area contributed by atoms with E-state index in [-0.39, 0.29) is 25.7 Å². The van der Waals surface area contributed by atoms with Gasteiger partial charge in [-0.05, 0) is 31.6 Å². The number of aliphatic hydroxyl groups excluding tert-OH is 1. The van der Waals surface area contributed by atoms with Gasteiger partial charge in [0.05, 0.1) is 26.4 Å². The van der Waals surface area contributed by atoms with Gasteiger partial charge >= 0.3 is 39.5 Å². The van der Waals surface area contributed by atoms with Gasteiger partial charge in [0, 0.05) is 25.7 Å². The van der Waals surface area contributed by atoms with Crippen molar-refractivity contribution in [3.05, 3.63) is 0 Å². The van der Waals surface area contributed by atoms with Crippen LogP contribution in [0, 0.1) is 5.92 Å². The molecule has 5 atom stereocenters. The largest absolute Gasteiger partial charge is 0.472 e. The Balaban J connectivity index is 5.17. The first-order valence-corrected chi connectivity index (χ1v) is 48.1. The SMILES string of the molecule is CCCCCCCCCCCCCCCCCCCCCCCCC(=O)O[C@H](COC(=O)CCCCCCCCCCCCCCCCCCCCC(C)C)COP(=O)(O)OC[C@@H](O)COP(=O)(O)OC[C@@H](COC(=O)CCCCCCCCCC)OC(=O)CCCCCCCCCCCCCCCCC. The van der Waals surface area contributed by atoms with E-state index in [1.807, 2.05) is 0 Å². The third kappa shape index (κ3) is 80.1. The fourth-order valence-electron chi connectivity index (χ4n) is 13.6. The highest BCUT2D eigenvalue weighted by molar-refractivity contribution is 7.47. The molecule has 106 heavy (non-hydrogen) atoms. The van der Waals surface area contributed by atoms with Gasteiger partial charge in [-0.2, -0.15) is 0 Å². The Labute approximate surface area is 651 Å². The molecule has 2 unspecified atom stereocenters. The standard InChI is InChI=1S/C87H170O17P2/c1-6-9-12-15-18-21-23-25-27-28-29-30-31-32-37-41-45-49-53-58-63-68-73-87(92)104-83(77-98-85(90)71-66-61-56-51-47-43-40-36-34-33-35-39-42-46-50-54-59-64-69-80(4)5)79-102-106(95,96)100-75-81(88)74-99-105(93,94)101-78-82(76-97-84(89)70-65-60-55-20-17-14-11-8-3)103-86(91)72-67-62-57-52-48-44-38-26-24-22-19-16-13-10-7-2/h80-83,88H,6-79H2,1-5H3,(H,93,94)(H,95,96)/t81-,82+,83+/m0/s1. The molecule has 0 bridgehead atoms. The monoisotopic (exact) mass is 1550 g/mol. The van der Waals surface area contributed by atoms with E-state index in [1.165, 1.54) is 295 Å². The minimum atomic E-state index is -4.97. The van der Waals surface area contributed by atoms with Gasteiger partial charge < -0.3 is 33.8 Å². The Morgan fingerprint density at radius 1 is 0.255 bits per heavy atom. The number of carbonyl (C=O) groups excluding carboxylic acids is 4. The molecular weight excluding hydrogens is 1380 g/mol. The summed E-state index contributed by atoms with van der Waals surface area (Å²) in [7, 11) is -9.92. The molecule has 0 heterocycles. The summed E-state index contributed by atoms with van der Waals surface area (Å²) in [4.78, 5) is 73.1. The minimum Gasteiger partial charge on any atom is -0.462 e. The van der Waals surface area contributed by atoms with Crippen molar-refractivity contribution >= 4 is 39.5 Å². The average Bonchev–Trinajstić information content (AvgIpc) is 0.910. The van der Waals surface area contributed by atoms with Crippen molar-refractivity contribution in [2.24, 2.45) is 5.92 Å². The van der Waals surface area contributed by atoms with Crippen LogP contribution in [0.3, 0.4) is 0 Å². The van der Waals surface area contributed by atoms with E-state index in [4.69, 9.17) is 37.0 Å². The second-order valence-electron chi connectivity index (χ2n) is 31.8. The van der Waals surface area contributed by atoms with Crippen LogP contribution in [-0.4, -0.2) is 96.7 Å². The number of unbranched alkanes of at least 4 members (excludes halogenated alkanes) is 59. The summed E-state index contributed by atoms with van der Waals surface area (Å²) in [6, 6.07) is 0. The molecule has 0 rings (SSSR count). The normalized spacial score (nSPS) is 13.7. The minimum absolute atomic E-state index is 0.108. The summed E-state index contributed by atoms with van der Waals surface area (Å²) >= 11 is 0. The Hall–Kier alpha value is -1.94. The van der Waals surface area contributed by atoms with Crippen LogP contribution >= 0.6 is 15.6 Å². The molecule has 0 spiro atoms. The zero-order chi connectivity index (χ0) is 77.6.